The van der Waals surface area contributed by atoms with E-state index in [2.05, 4.69) is 162 Å². The van der Waals surface area contributed by atoms with E-state index in [0.717, 1.165) is 33.2 Å². The number of fused-ring (bicyclic) bond motifs is 4. The molecule has 1 aliphatic rings. The van der Waals surface area contributed by atoms with Crippen LogP contribution in [0.3, 0.4) is 0 Å². The zero-order valence-electron chi connectivity index (χ0n) is 27.5. The fourth-order valence-electron chi connectivity index (χ4n) is 6.90. The average Bonchev–Trinajstić information content (AvgIpc) is 3.33. The summed E-state index contributed by atoms with van der Waals surface area (Å²) in [5.41, 5.74) is 11.8. The lowest BCUT2D eigenvalue weighted by atomic mass is 9.79. The van der Waals surface area contributed by atoms with Crippen molar-refractivity contribution >= 4 is 10.8 Å². The SMILES string of the molecule is CC(C)(C)c1ccc2c(c1)C(C)(C)c1cc(-c3nc(-c4cccc(-c5ccccc5)c4)nc(-c4ccc5ccccc5c4)n3)ccc1-2. The number of benzene rings is 6. The van der Waals surface area contributed by atoms with Crippen LogP contribution in [-0.2, 0) is 10.8 Å². The van der Waals surface area contributed by atoms with Crippen molar-refractivity contribution in [3.63, 3.8) is 0 Å². The molecule has 0 atom stereocenters. The van der Waals surface area contributed by atoms with Crippen LogP contribution in [0.1, 0.15) is 51.3 Å². The van der Waals surface area contributed by atoms with Crippen molar-refractivity contribution in [2.75, 3.05) is 0 Å². The average molecular weight is 608 g/mol. The van der Waals surface area contributed by atoms with Gasteiger partial charge in [0.25, 0.3) is 0 Å². The van der Waals surface area contributed by atoms with Gasteiger partial charge in [-0.3, -0.25) is 0 Å². The Morgan fingerprint density at radius 2 is 0.957 bits per heavy atom. The van der Waals surface area contributed by atoms with Crippen LogP contribution in [0.4, 0.5) is 0 Å². The maximum atomic E-state index is 5.14. The van der Waals surface area contributed by atoms with E-state index < -0.39 is 0 Å². The quantitative estimate of drug-likeness (QED) is 0.200. The van der Waals surface area contributed by atoms with Gasteiger partial charge in [-0.1, -0.05) is 150 Å². The molecule has 0 spiro atoms. The van der Waals surface area contributed by atoms with Gasteiger partial charge in [0.1, 0.15) is 0 Å². The van der Waals surface area contributed by atoms with Gasteiger partial charge >= 0.3 is 0 Å². The predicted octanol–water partition coefficient (Wildman–Crippen LogP) is 11.3. The summed E-state index contributed by atoms with van der Waals surface area (Å²) < 4.78 is 0. The molecule has 0 saturated carbocycles. The first kappa shape index (κ1) is 29.0. The highest BCUT2D eigenvalue weighted by atomic mass is 15.0. The zero-order valence-corrected chi connectivity index (χ0v) is 27.5. The highest BCUT2D eigenvalue weighted by molar-refractivity contribution is 5.87. The molecule has 0 bridgehead atoms. The van der Waals surface area contributed by atoms with Gasteiger partial charge in [0.05, 0.1) is 0 Å². The van der Waals surface area contributed by atoms with Crippen LogP contribution >= 0.6 is 0 Å². The second-order valence-electron chi connectivity index (χ2n) is 14.2. The summed E-state index contributed by atoms with van der Waals surface area (Å²) in [7, 11) is 0. The van der Waals surface area contributed by atoms with Crippen LogP contribution in [0.5, 0.6) is 0 Å². The molecule has 0 aliphatic heterocycles. The summed E-state index contributed by atoms with van der Waals surface area (Å²) in [4.78, 5) is 15.4. The monoisotopic (exact) mass is 607 g/mol. The standard InChI is InChI=1S/C44H37N3/c1-43(2,3)35-21-23-37-36-22-20-34(26-38(36)44(4,5)39(37)27-35)42-46-40(32-17-11-16-31(24-32)28-12-7-6-8-13-28)45-41(47-42)33-19-18-29-14-9-10-15-30(29)25-33/h6-27H,1-5H3. The molecule has 3 heteroatoms. The predicted molar refractivity (Wildman–Crippen MR) is 195 cm³/mol. The normalized spacial score (nSPS) is 13.4. The van der Waals surface area contributed by atoms with E-state index in [1.54, 1.807) is 0 Å². The number of hydrogen-bond acceptors (Lipinski definition) is 3. The van der Waals surface area contributed by atoms with E-state index in [1.165, 1.54) is 33.2 Å². The minimum Gasteiger partial charge on any atom is -0.208 e. The van der Waals surface area contributed by atoms with Gasteiger partial charge in [0.2, 0.25) is 0 Å². The lowest BCUT2D eigenvalue weighted by Crippen LogP contribution is -2.17. The molecule has 1 aliphatic carbocycles. The largest absolute Gasteiger partial charge is 0.208 e. The molecule has 47 heavy (non-hydrogen) atoms. The van der Waals surface area contributed by atoms with Crippen LogP contribution in [-0.4, -0.2) is 15.0 Å². The summed E-state index contributed by atoms with van der Waals surface area (Å²) in [6.45, 7) is 11.5. The van der Waals surface area contributed by atoms with E-state index in [-0.39, 0.29) is 10.8 Å². The van der Waals surface area contributed by atoms with Gasteiger partial charge in [-0.2, -0.15) is 0 Å². The second kappa shape index (κ2) is 10.8. The van der Waals surface area contributed by atoms with Gasteiger partial charge in [0.15, 0.2) is 17.5 Å². The van der Waals surface area contributed by atoms with E-state index in [9.17, 15) is 0 Å². The van der Waals surface area contributed by atoms with Crippen molar-refractivity contribution in [2.24, 2.45) is 0 Å². The first-order valence-corrected chi connectivity index (χ1v) is 16.4. The number of rotatable bonds is 4. The Labute approximate surface area is 277 Å². The summed E-state index contributed by atoms with van der Waals surface area (Å²) in [6, 6.07) is 47.5. The van der Waals surface area contributed by atoms with E-state index in [0.29, 0.717) is 17.5 Å². The van der Waals surface area contributed by atoms with Crippen molar-refractivity contribution in [2.45, 2.75) is 45.4 Å². The Balaban J connectivity index is 1.29. The molecule has 0 amide bonds. The van der Waals surface area contributed by atoms with Crippen molar-refractivity contribution in [3.8, 4) is 56.4 Å². The highest BCUT2D eigenvalue weighted by Gasteiger charge is 2.36. The number of hydrogen-bond donors (Lipinski definition) is 0. The maximum Gasteiger partial charge on any atom is 0.164 e. The molecule has 0 unspecified atom stereocenters. The van der Waals surface area contributed by atoms with Crippen molar-refractivity contribution in [1.29, 1.82) is 0 Å². The van der Waals surface area contributed by atoms with Crippen LogP contribution in [0.2, 0.25) is 0 Å². The Morgan fingerprint density at radius 3 is 1.66 bits per heavy atom. The smallest absolute Gasteiger partial charge is 0.164 e. The van der Waals surface area contributed by atoms with Crippen molar-refractivity contribution < 1.29 is 0 Å². The first-order valence-electron chi connectivity index (χ1n) is 16.4. The summed E-state index contributed by atoms with van der Waals surface area (Å²) in [5, 5.41) is 2.35. The zero-order chi connectivity index (χ0) is 32.3. The molecule has 3 nitrogen and oxygen atoms in total. The second-order valence-corrected chi connectivity index (χ2v) is 14.2. The molecular weight excluding hydrogens is 571 g/mol. The van der Waals surface area contributed by atoms with Crippen LogP contribution in [0.25, 0.3) is 67.2 Å². The topological polar surface area (TPSA) is 38.7 Å². The molecule has 1 heterocycles. The van der Waals surface area contributed by atoms with Gasteiger partial charge < -0.3 is 0 Å². The molecule has 0 saturated heterocycles. The van der Waals surface area contributed by atoms with Gasteiger partial charge in [0, 0.05) is 22.1 Å². The minimum atomic E-state index is -0.150. The van der Waals surface area contributed by atoms with Gasteiger partial charge in [-0.25, -0.2) is 15.0 Å². The van der Waals surface area contributed by atoms with E-state index in [4.69, 9.17) is 15.0 Å². The maximum absolute atomic E-state index is 5.14. The molecular formula is C44H37N3. The molecule has 0 fully saturated rings. The third kappa shape index (κ3) is 5.13. The van der Waals surface area contributed by atoms with E-state index in [1.807, 2.05) is 6.07 Å². The fourth-order valence-corrected chi connectivity index (χ4v) is 6.90. The van der Waals surface area contributed by atoms with Crippen molar-refractivity contribution in [1.82, 2.24) is 15.0 Å². The Hall–Kier alpha value is -5.41. The minimum absolute atomic E-state index is 0.0866. The lowest BCUT2D eigenvalue weighted by Gasteiger charge is -2.25. The molecule has 1 aromatic heterocycles. The Bertz CT molecular complexity index is 2310. The van der Waals surface area contributed by atoms with Crippen molar-refractivity contribution in [3.05, 3.63) is 150 Å². The molecule has 0 N–H and O–H groups in total. The number of nitrogens with zero attached hydrogens (tertiary/aromatic N) is 3. The third-order valence-corrected chi connectivity index (χ3v) is 9.67. The lowest BCUT2D eigenvalue weighted by molar-refractivity contribution is 0.584. The number of aromatic nitrogens is 3. The first-order chi connectivity index (χ1) is 22.6. The summed E-state index contributed by atoms with van der Waals surface area (Å²) in [6.07, 6.45) is 0. The molecule has 8 rings (SSSR count). The van der Waals surface area contributed by atoms with Gasteiger partial charge in [-0.15, -0.1) is 0 Å². The summed E-state index contributed by atoms with van der Waals surface area (Å²) in [5.74, 6) is 2.00. The fraction of sp³-hybridized carbons (Fsp3) is 0.159. The van der Waals surface area contributed by atoms with Gasteiger partial charge in [-0.05, 0) is 73.3 Å². The Morgan fingerprint density at radius 1 is 0.426 bits per heavy atom. The highest BCUT2D eigenvalue weighted by Crippen LogP contribution is 2.50. The van der Waals surface area contributed by atoms with Crippen LogP contribution in [0.15, 0.2) is 133 Å². The molecule has 228 valence electrons. The molecule has 6 aromatic carbocycles. The summed E-state index contributed by atoms with van der Waals surface area (Å²) >= 11 is 0. The van der Waals surface area contributed by atoms with Crippen LogP contribution in [0, 0.1) is 0 Å². The third-order valence-electron chi connectivity index (χ3n) is 9.67. The van der Waals surface area contributed by atoms with E-state index >= 15 is 0 Å². The molecule has 7 aromatic rings. The Kier molecular flexibility index (Phi) is 6.70. The molecule has 0 radical (unpaired) electrons. The van der Waals surface area contributed by atoms with Crippen LogP contribution < -0.4 is 0 Å².